The summed E-state index contributed by atoms with van der Waals surface area (Å²) in [7, 11) is 1.32. The van der Waals surface area contributed by atoms with Crippen molar-refractivity contribution in [1.82, 2.24) is 5.32 Å². The van der Waals surface area contributed by atoms with Crippen LogP contribution in [0.2, 0.25) is 0 Å². The Morgan fingerprint density at radius 1 is 1.38 bits per heavy atom. The molecular formula is C11H22N2O3. The van der Waals surface area contributed by atoms with Gasteiger partial charge in [0.1, 0.15) is 0 Å². The van der Waals surface area contributed by atoms with Crippen molar-refractivity contribution in [3.8, 4) is 0 Å². The lowest BCUT2D eigenvalue weighted by atomic mass is 9.85. The molecule has 0 rings (SSSR count). The van der Waals surface area contributed by atoms with Crippen molar-refractivity contribution in [3.63, 3.8) is 0 Å². The van der Waals surface area contributed by atoms with E-state index in [9.17, 15) is 9.59 Å². The van der Waals surface area contributed by atoms with E-state index in [-0.39, 0.29) is 36.2 Å². The van der Waals surface area contributed by atoms with Gasteiger partial charge in [-0.15, -0.1) is 0 Å². The van der Waals surface area contributed by atoms with Gasteiger partial charge in [-0.3, -0.25) is 9.59 Å². The summed E-state index contributed by atoms with van der Waals surface area (Å²) in [5.41, 5.74) is 5.76. The number of hydrogen-bond acceptors (Lipinski definition) is 4. The minimum Gasteiger partial charge on any atom is -0.469 e. The second-order valence-corrected chi connectivity index (χ2v) is 4.85. The van der Waals surface area contributed by atoms with Crippen LogP contribution in [-0.2, 0) is 14.3 Å². The van der Waals surface area contributed by atoms with Crippen LogP contribution in [0.1, 0.15) is 33.6 Å². The van der Waals surface area contributed by atoms with Crippen LogP contribution in [0.25, 0.3) is 0 Å². The van der Waals surface area contributed by atoms with E-state index in [4.69, 9.17) is 5.73 Å². The molecule has 0 saturated carbocycles. The number of carbonyl (C=O) groups excluding carboxylic acids is 2. The van der Waals surface area contributed by atoms with Crippen LogP contribution >= 0.6 is 0 Å². The van der Waals surface area contributed by atoms with E-state index in [2.05, 4.69) is 10.1 Å². The minimum atomic E-state index is -0.333. The zero-order valence-electron chi connectivity index (χ0n) is 10.5. The number of amides is 1. The van der Waals surface area contributed by atoms with Gasteiger partial charge in [0, 0.05) is 19.0 Å². The molecule has 5 nitrogen and oxygen atoms in total. The minimum absolute atomic E-state index is 0.0975. The van der Waals surface area contributed by atoms with Crippen molar-refractivity contribution in [2.75, 3.05) is 13.7 Å². The molecule has 0 aromatic heterocycles. The number of hydrogen-bond donors (Lipinski definition) is 2. The molecule has 1 amide bonds. The van der Waals surface area contributed by atoms with Crippen LogP contribution in [0.3, 0.4) is 0 Å². The standard InChI is InChI=1S/C11H22N2O3/c1-11(2,3)8(12)7-9(14)13-6-5-10(15)16-4/h8H,5-7,12H2,1-4H3,(H,13,14). The molecule has 0 aromatic rings. The van der Waals surface area contributed by atoms with Crippen molar-refractivity contribution < 1.29 is 14.3 Å². The summed E-state index contributed by atoms with van der Waals surface area (Å²) in [6.07, 6.45) is 0.456. The third-order valence-electron chi connectivity index (χ3n) is 2.40. The Kier molecular flexibility index (Phi) is 6.03. The summed E-state index contributed by atoms with van der Waals surface area (Å²) in [6.45, 7) is 6.25. The Morgan fingerprint density at radius 3 is 2.38 bits per heavy atom. The van der Waals surface area contributed by atoms with Gasteiger partial charge in [0.05, 0.1) is 13.5 Å². The summed E-state index contributed by atoms with van der Waals surface area (Å²) < 4.78 is 4.45. The van der Waals surface area contributed by atoms with Crippen LogP contribution in [0.5, 0.6) is 0 Å². The number of methoxy groups -OCH3 is 1. The first-order valence-corrected chi connectivity index (χ1v) is 5.36. The highest BCUT2D eigenvalue weighted by Gasteiger charge is 2.22. The lowest BCUT2D eigenvalue weighted by Gasteiger charge is -2.26. The van der Waals surface area contributed by atoms with Crippen LogP contribution in [0, 0.1) is 5.41 Å². The highest BCUT2D eigenvalue weighted by atomic mass is 16.5. The molecule has 1 unspecified atom stereocenters. The Bertz CT molecular complexity index is 246. The molecule has 0 fully saturated rings. The normalized spacial score (nSPS) is 13.1. The van der Waals surface area contributed by atoms with E-state index in [0.29, 0.717) is 6.54 Å². The summed E-state index contributed by atoms with van der Waals surface area (Å²) in [6, 6.07) is -0.189. The first-order chi connectivity index (χ1) is 7.27. The zero-order valence-corrected chi connectivity index (χ0v) is 10.5. The number of carbonyl (C=O) groups is 2. The molecule has 0 aliphatic carbocycles. The average Bonchev–Trinajstić information content (AvgIpc) is 2.15. The van der Waals surface area contributed by atoms with Gasteiger partial charge in [0.2, 0.25) is 5.91 Å². The maximum absolute atomic E-state index is 11.4. The highest BCUT2D eigenvalue weighted by Crippen LogP contribution is 2.19. The Labute approximate surface area is 96.7 Å². The number of ether oxygens (including phenoxy) is 1. The molecule has 0 spiro atoms. The molecule has 0 aliphatic rings. The van der Waals surface area contributed by atoms with Crippen molar-refractivity contribution in [1.29, 1.82) is 0 Å². The zero-order chi connectivity index (χ0) is 12.8. The second-order valence-electron chi connectivity index (χ2n) is 4.85. The quantitative estimate of drug-likeness (QED) is 0.671. The fourth-order valence-electron chi connectivity index (χ4n) is 0.984. The number of esters is 1. The van der Waals surface area contributed by atoms with Crippen LogP contribution in [-0.4, -0.2) is 31.6 Å². The fraction of sp³-hybridized carbons (Fsp3) is 0.818. The van der Waals surface area contributed by atoms with Gasteiger partial charge >= 0.3 is 5.97 Å². The van der Waals surface area contributed by atoms with Crippen LogP contribution in [0.4, 0.5) is 0 Å². The third-order valence-corrected chi connectivity index (χ3v) is 2.40. The molecule has 0 saturated heterocycles. The maximum Gasteiger partial charge on any atom is 0.307 e. The molecule has 16 heavy (non-hydrogen) atoms. The SMILES string of the molecule is COC(=O)CCNC(=O)CC(N)C(C)(C)C. The smallest absolute Gasteiger partial charge is 0.307 e. The molecule has 5 heteroatoms. The van der Waals surface area contributed by atoms with E-state index in [0.717, 1.165) is 0 Å². The Hall–Kier alpha value is -1.10. The summed E-state index contributed by atoms with van der Waals surface area (Å²) in [5, 5.41) is 2.63. The van der Waals surface area contributed by atoms with Gasteiger partial charge < -0.3 is 15.8 Å². The average molecular weight is 230 g/mol. The van der Waals surface area contributed by atoms with Gasteiger partial charge in [0.15, 0.2) is 0 Å². The van der Waals surface area contributed by atoms with Crippen molar-refractivity contribution >= 4 is 11.9 Å². The first kappa shape index (κ1) is 14.9. The molecule has 0 heterocycles. The fourth-order valence-corrected chi connectivity index (χ4v) is 0.984. The number of nitrogens with one attached hydrogen (secondary N) is 1. The van der Waals surface area contributed by atoms with E-state index < -0.39 is 0 Å². The molecule has 0 aliphatic heterocycles. The molecule has 1 atom stereocenters. The summed E-state index contributed by atoms with van der Waals surface area (Å²) in [4.78, 5) is 22.2. The second kappa shape index (κ2) is 6.48. The molecule has 3 N–H and O–H groups in total. The summed E-state index contributed by atoms with van der Waals surface area (Å²) in [5.74, 6) is -0.466. The van der Waals surface area contributed by atoms with Gasteiger partial charge in [0.25, 0.3) is 0 Å². The van der Waals surface area contributed by atoms with Crippen molar-refractivity contribution in [3.05, 3.63) is 0 Å². The topological polar surface area (TPSA) is 81.4 Å². The van der Waals surface area contributed by atoms with Gasteiger partial charge in [-0.2, -0.15) is 0 Å². The number of rotatable bonds is 5. The van der Waals surface area contributed by atoms with E-state index in [1.54, 1.807) is 0 Å². The van der Waals surface area contributed by atoms with Crippen LogP contribution < -0.4 is 11.1 Å². The first-order valence-electron chi connectivity index (χ1n) is 5.36. The summed E-state index contributed by atoms with van der Waals surface area (Å²) >= 11 is 0. The molecule has 0 bridgehead atoms. The van der Waals surface area contributed by atoms with Gasteiger partial charge in [-0.05, 0) is 5.41 Å². The van der Waals surface area contributed by atoms with Gasteiger partial charge in [-0.1, -0.05) is 20.8 Å². The maximum atomic E-state index is 11.4. The molecule has 0 aromatic carbocycles. The van der Waals surface area contributed by atoms with E-state index >= 15 is 0 Å². The Morgan fingerprint density at radius 2 is 1.94 bits per heavy atom. The molecule has 94 valence electrons. The predicted molar refractivity (Wildman–Crippen MR) is 61.7 cm³/mol. The monoisotopic (exact) mass is 230 g/mol. The molecular weight excluding hydrogens is 208 g/mol. The van der Waals surface area contributed by atoms with Crippen molar-refractivity contribution in [2.45, 2.75) is 39.7 Å². The largest absolute Gasteiger partial charge is 0.469 e. The predicted octanol–water partition coefficient (Wildman–Crippen LogP) is 0.429. The Balaban J connectivity index is 3.79. The lowest BCUT2D eigenvalue weighted by Crippen LogP contribution is -2.40. The van der Waals surface area contributed by atoms with E-state index in [1.807, 2.05) is 20.8 Å². The highest BCUT2D eigenvalue weighted by molar-refractivity contribution is 5.77. The van der Waals surface area contributed by atoms with Gasteiger partial charge in [-0.25, -0.2) is 0 Å². The lowest BCUT2D eigenvalue weighted by molar-refractivity contribution is -0.140. The van der Waals surface area contributed by atoms with Crippen LogP contribution in [0.15, 0.2) is 0 Å². The van der Waals surface area contributed by atoms with E-state index in [1.165, 1.54) is 7.11 Å². The van der Waals surface area contributed by atoms with Crippen molar-refractivity contribution in [2.24, 2.45) is 11.1 Å². The third kappa shape index (κ3) is 6.40. The number of nitrogens with two attached hydrogens (primary N) is 1. The molecule has 0 radical (unpaired) electrons.